The second kappa shape index (κ2) is 2.41. The molecule has 0 N–H and O–H groups in total. The molecule has 0 aromatic rings. The summed E-state index contributed by atoms with van der Waals surface area (Å²) in [6.07, 6.45) is 10.7. The summed E-state index contributed by atoms with van der Waals surface area (Å²) in [4.78, 5) is 0. The molecule has 2 aliphatic carbocycles. The van der Waals surface area contributed by atoms with E-state index in [-0.39, 0.29) is 0 Å². The summed E-state index contributed by atoms with van der Waals surface area (Å²) in [5.74, 6) is 2.24. The van der Waals surface area contributed by atoms with Crippen LogP contribution in [0.1, 0.15) is 25.7 Å². The molecule has 64 valence electrons. The molecule has 1 fully saturated rings. The molecule has 0 radical (unpaired) electrons. The Kier molecular flexibility index (Phi) is 1.46. The topological polar surface area (TPSA) is 0 Å². The van der Waals surface area contributed by atoms with Crippen molar-refractivity contribution in [3.8, 4) is 0 Å². The van der Waals surface area contributed by atoms with Gasteiger partial charge in [0.15, 0.2) is 0 Å². The molecule has 1 spiro atoms. The van der Waals surface area contributed by atoms with Crippen molar-refractivity contribution in [2.45, 2.75) is 25.7 Å². The highest BCUT2D eigenvalue weighted by molar-refractivity contribution is 8.02. The minimum Gasteiger partial charge on any atom is -0.133 e. The summed E-state index contributed by atoms with van der Waals surface area (Å²) < 4.78 is 0. The van der Waals surface area contributed by atoms with Crippen LogP contribution in [-0.4, -0.2) is 5.75 Å². The number of hydrogen-bond acceptors (Lipinski definition) is 1. The molecular formula is C11H14S. The Morgan fingerprint density at radius 2 is 2.17 bits per heavy atom. The second-order valence-electron chi connectivity index (χ2n) is 4.28. The summed E-state index contributed by atoms with van der Waals surface area (Å²) in [6.45, 7) is 0. The first kappa shape index (κ1) is 7.25. The van der Waals surface area contributed by atoms with Gasteiger partial charge in [0.25, 0.3) is 0 Å². The molecule has 1 aliphatic heterocycles. The van der Waals surface area contributed by atoms with Crippen LogP contribution in [0.2, 0.25) is 0 Å². The van der Waals surface area contributed by atoms with Crippen molar-refractivity contribution in [1.82, 2.24) is 0 Å². The van der Waals surface area contributed by atoms with Crippen LogP contribution in [0.4, 0.5) is 0 Å². The average Bonchev–Trinajstić information content (AvgIpc) is 2.76. The van der Waals surface area contributed by atoms with E-state index in [0.717, 1.165) is 5.92 Å². The highest BCUT2D eigenvalue weighted by atomic mass is 32.2. The molecule has 1 atom stereocenters. The fourth-order valence-electron chi connectivity index (χ4n) is 3.00. The zero-order valence-corrected chi connectivity index (χ0v) is 8.07. The lowest BCUT2D eigenvalue weighted by molar-refractivity contribution is 0.318. The predicted molar refractivity (Wildman–Crippen MR) is 54.1 cm³/mol. The van der Waals surface area contributed by atoms with Crippen LogP contribution in [0, 0.1) is 11.3 Å². The number of fused-ring (bicyclic) bond motifs is 2. The van der Waals surface area contributed by atoms with Crippen molar-refractivity contribution < 1.29 is 0 Å². The van der Waals surface area contributed by atoms with Crippen LogP contribution in [0.25, 0.3) is 0 Å². The maximum absolute atomic E-state index is 2.51. The predicted octanol–water partition coefficient (Wildman–Crippen LogP) is 3.36. The van der Waals surface area contributed by atoms with Gasteiger partial charge in [0.05, 0.1) is 0 Å². The molecule has 0 amide bonds. The summed E-state index contributed by atoms with van der Waals surface area (Å²) in [5, 5.41) is 2.37. The third kappa shape index (κ3) is 0.806. The van der Waals surface area contributed by atoms with Gasteiger partial charge in [0.1, 0.15) is 0 Å². The van der Waals surface area contributed by atoms with Gasteiger partial charge in [-0.3, -0.25) is 0 Å². The first-order chi connectivity index (χ1) is 5.91. The van der Waals surface area contributed by atoms with Crippen molar-refractivity contribution in [2.24, 2.45) is 11.3 Å². The minimum absolute atomic E-state index is 0.620. The lowest BCUT2D eigenvalue weighted by atomic mass is 9.77. The SMILES string of the molecule is C1=CC2(CCCC2)C2CSC=C12. The van der Waals surface area contributed by atoms with Gasteiger partial charge < -0.3 is 0 Å². The number of thioether (sulfide) groups is 1. The second-order valence-corrected chi connectivity index (χ2v) is 5.18. The van der Waals surface area contributed by atoms with Crippen LogP contribution in [0.5, 0.6) is 0 Å². The fourth-order valence-corrected chi connectivity index (χ4v) is 4.25. The maximum Gasteiger partial charge on any atom is 0.00517 e. The van der Waals surface area contributed by atoms with E-state index in [9.17, 15) is 0 Å². The monoisotopic (exact) mass is 178 g/mol. The van der Waals surface area contributed by atoms with Gasteiger partial charge in [-0.25, -0.2) is 0 Å². The van der Waals surface area contributed by atoms with Gasteiger partial charge in [0, 0.05) is 11.7 Å². The van der Waals surface area contributed by atoms with Crippen LogP contribution in [0.15, 0.2) is 23.1 Å². The van der Waals surface area contributed by atoms with E-state index in [0.29, 0.717) is 5.41 Å². The highest BCUT2D eigenvalue weighted by Crippen LogP contribution is 2.55. The lowest BCUT2D eigenvalue weighted by Crippen LogP contribution is -2.22. The maximum atomic E-state index is 2.51. The molecule has 0 aromatic heterocycles. The zero-order valence-electron chi connectivity index (χ0n) is 7.25. The van der Waals surface area contributed by atoms with Gasteiger partial charge in [-0.1, -0.05) is 25.0 Å². The molecule has 3 aliphatic rings. The molecule has 3 rings (SSSR count). The van der Waals surface area contributed by atoms with Crippen LogP contribution in [0.3, 0.4) is 0 Å². The molecule has 1 heterocycles. The summed E-state index contributed by atoms with van der Waals surface area (Å²) in [5.41, 5.74) is 2.25. The summed E-state index contributed by atoms with van der Waals surface area (Å²) in [6, 6.07) is 0. The van der Waals surface area contributed by atoms with Gasteiger partial charge >= 0.3 is 0 Å². The molecule has 1 saturated carbocycles. The lowest BCUT2D eigenvalue weighted by Gasteiger charge is -2.28. The number of rotatable bonds is 0. The Hall–Kier alpha value is -0.170. The smallest absolute Gasteiger partial charge is 0.00517 e. The standard InChI is InChI=1S/C11H14S/c1-2-5-11(4-1)6-3-9-7-12-8-10(9)11/h3,6-7,10H,1-2,4-5,8H2. The Morgan fingerprint density at radius 1 is 1.33 bits per heavy atom. The third-order valence-corrected chi connectivity index (χ3v) is 4.69. The third-order valence-electron chi connectivity index (χ3n) is 3.72. The Labute approximate surface area is 78.1 Å². The van der Waals surface area contributed by atoms with Crippen molar-refractivity contribution in [3.63, 3.8) is 0 Å². The van der Waals surface area contributed by atoms with E-state index in [4.69, 9.17) is 0 Å². The Bertz CT molecular complexity index is 256. The molecule has 0 bridgehead atoms. The van der Waals surface area contributed by atoms with Crippen molar-refractivity contribution in [2.75, 3.05) is 5.75 Å². The van der Waals surface area contributed by atoms with E-state index in [1.54, 1.807) is 5.57 Å². The highest BCUT2D eigenvalue weighted by Gasteiger charge is 2.44. The van der Waals surface area contributed by atoms with Crippen molar-refractivity contribution in [3.05, 3.63) is 23.1 Å². The van der Waals surface area contributed by atoms with E-state index < -0.39 is 0 Å². The minimum atomic E-state index is 0.620. The van der Waals surface area contributed by atoms with Crippen molar-refractivity contribution >= 4 is 11.8 Å². The summed E-state index contributed by atoms with van der Waals surface area (Å²) >= 11 is 2.01. The fraction of sp³-hybridized carbons (Fsp3) is 0.636. The van der Waals surface area contributed by atoms with Crippen LogP contribution in [-0.2, 0) is 0 Å². The Morgan fingerprint density at radius 3 is 3.00 bits per heavy atom. The van der Waals surface area contributed by atoms with Gasteiger partial charge in [-0.15, -0.1) is 11.8 Å². The summed E-state index contributed by atoms with van der Waals surface area (Å²) in [7, 11) is 0. The van der Waals surface area contributed by atoms with E-state index in [1.807, 2.05) is 11.8 Å². The quantitative estimate of drug-likeness (QED) is 0.548. The number of hydrogen-bond donors (Lipinski definition) is 0. The van der Waals surface area contributed by atoms with E-state index in [1.165, 1.54) is 31.4 Å². The number of allylic oxidation sites excluding steroid dienone is 3. The molecular weight excluding hydrogens is 164 g/mol. The largest absolute Gasteiger partial charge is 0.133 e. The van der Waals surface area contributed by atoms with E-state index in [2.05, 4.69) is 17.6 Å². The first-order valence-electron chi connectivity index (χ1n) is 4.92. The van der Waals surface area contributed by atoms with E-state index >= 15 is 0 Å². The van der Waals surface area contributed by atoms with Crippen molar-refractivity contribution in [1.29, 1.82) is 0 Å². The zero-order chi connectivity index (χ0) is 8.02. The molecule has 12 heavy (non-hydrogen) atoms. The average molecular weight is 178 g/mol. The first-order valence-corrected chi connectivity index (χ1v) is 5.97. The van der Waals surface area contributed by atoms with Gasteiger partial charge in [0.2, 0.25) is 0 Å². The molecule has 0 nitrogen and oxygen atoms in total. The molecule has 0 saturated heterocycles. The van der Waals surface area contributed by atoms with Gasteiger partial charge in [-0.2, -0.15) is 0 Å². The Balaban J connectivity index is 1.98. The normalized spacial score (nSPS) is 36.0. The van der Waals surface area contributed by atoms with Gasteiger partial charge in [-0.05, 0) is 29.2 Å². The molecule has 1 unspecified atom stereocenters. The molecule has 1 heteroatoms. The molecule has 0 aromatic carbocycles. The van der Waals surface area contributed by atoms with Crippen LogP contribution < -0.4 is 0 Å². The van der Waals surface area contributed by atoms with Crippen LogP contribution >= 0.6 is 11.8 Å².